The average molecular weight is 424 g/mol. The van der Waals surface area contributed by atoms with Crippen LogP contribution in [0.3, 0.4) is 0 Å². The number of thiazole rings is 1. The minimum Gasteiger partial charge on any atom is -0.464 e. The molecule has 3 rings (SSSR count). The Morgan fingerprint density at radius 1 is 1.36 bits per heavy atom. The van der Waals surface area contributed by atoms with Gasteiger partial charge >= 0.3 is 5.97 Å². The summed E-state index contributed by atoms with van der Waals surface area (Å²) < 4.78 is 18.4. The van der Waals surface area contributed by atoms with Crippen LogP contribution in [0.15, 0.2) is 40.3 Å². The topological polar surface area (TPSA) is 84.1 Å². The molecule has 0 saturated carbocycles. The summed E-state index contributed by atoms with van der Waals surface area (Å²) in [5.74, 6) is -1.46. The fraction of sp³-hybridized carbons (Fsp3) is 0.0625. The van der Waals surface area contributed by atoms with E-state index in [1.165, 1.54) is 30.6 Å². The lowest BCUT2D eigenvalue weighted by Gasteiger charge is -2.04. The number of esters is 1. The molecule has 128 valence electrons. The number of amides is 1. The van der Waals surface area contributed by atoms with E-state index >= 15 is 0 Å². The number of carbonyl (C=O) groups excluding carboxylic acids is 2. The highest BCUT2D eigenvalue weighted by molar-refractivity contribution is 9.10. The first-order valence-corrected chi connectivity index (χ1v) is 8.64. The predicted octanol–water partition coefficient (Wildman–Crippen LogP) is 4.08. The molecule has 2 N–H and O–H groups in total. The van der Waals surface area contributed by atoms with Gasteiger partial charge in [0.25, 0.3) is 5.91 Å². The number of benzene rings is 1. The third-order valence-electron chi connectivity index (χ3n) is 3.28. The van der Waals surface area contributed by atoms with Crippen LogP contribution in [0.2, 0.25) is 0 Å². The van der Waals surface area contributed by atoms with Gasteiger partial charge in [0.1, 0.15) is 11.5 Å². The van der Waals surface area contributed by atoms with E-state index in [0.29, 0.717) is 26.6 Å². The van der Waals surface area contributed by atoms with Crippen molar-refractivity contribution in [2.75, 3.05) is 12.4 Å². The van der Waals surface area contributed by atoms with E-state index in [4.69, 9.17) is 0 Å². The minimum absolute atomic E-state index is 0.173. The summed E-state index contributed by atoms with van der Waals surface area (Å²) in [6.45, 7) is 0. The molecule has 0 fully saturated rings. The molecular weight excluding hydrogens is 413 g/mol. The maximum atomic E-state index is 13.3. The molecule has 0 aliphatic rings. The highest BCUT2D eigenvalue weighted by atomic mass is 79.9. The molecule has 9 heteroatoms. The Morgan fingerprint density at radius 3 is 2.92 bits per heavy atom. The number of ether oxygens (including phenoxy) is 1. The predicted molar refractivity (Wildman–Crippen MR) is 95.3 cm³/mol. The zero-order valence-corrected chi connectivity index (χ0v) is 15.2. The monoisotopic (exact) mass is 423 g/mol. The number of methoxy groups -OCH3 is 1. The van der Waals surface area contributed by atoms with Gasteiger partial charge in [-0.2, -0.15) is 0 Å². The summed E-state index contributed by atoms with van der Waals surface area (Å²) >= 11 is 4.44. The van der Waals surface area contributed by atoms with E-state index < -0.39 is 17.7 Å². The van der Waals surface area contributed by atoms with Gasteiger partial charge in [-0.1, -0.05) is 0 Å². The van der Waals surface area contributed by atoms with Crippen molar-refractivity contribution >= 4 is 44.3 Å². The molecular formula is C16H11BrFN3O3S. The summed E-state index contributed by atoms with van der Waals surface area (Å²) in [5, 5.41) is 4.72. The van der Waals surface area contributed by atoms with Gasteiger partial charge in [0.15, 0.2) is 5.13 Å². The normalized spacial score (nSPS) is 10.5. The summed E-state index contributed by atoms with van der Waals surface area (Å²) in [7, 11) is 1.30. The lowest BCUT2D eigenvalue weighted by atomic mass is 10.2. The number of hydrogen-bond donors (Lipinski definition) is 2. The first-order valence-electron chi connectivity index (χ1n) is 6.97. The summed E-state index contributed by atoms with van der Waals surface area (Å²) in [6, 6.07) is 5.47. The number of halogens is 2. The van der Waals surface area contributed by atoms with Crippen LogP contribution in [-0.4, -0.2) is 29.0 Å². The molecule has 0 aliphatic heterocycles. The second kappa shape index (κ2) is 7.16. The van der Waals surface area contributed by atoms with E-state index in [1.54, 1.807) is 17.6 Å². The van der Waals surface area contributed by atoms with Crippen LogP contribution in [0, 0.1) is 5.82 Å². The SMILES string of the molecule is COC(=O)c1cc(-c2csc(NC(=O)c3cc(F)ccc3Br)n2)c[nH]1. The highest BCUT2D eigenvalue weighted by Gasteiger charge is 2.15. The van der Waals surface area contributed by atoms with Crippen molar-refractivity contribution in [2.45, 2.75) is 0 Å². The molecule has 25 heavy (non-hydrogen) atoms. The minimum atomic E-state index is -0.504. The van der Waals surface area contributed by atoms with Crippen LogP contribution in [0.25, 0.3) is 11.3 Å². The molecule has 0 aliphatic carbocycles. The molecule has 0 spiro atoms. The van der Waals surface area contributed by atoms with Crippen molar-refractivity contribution < 1.29 is 18.7 Å². The van der Waals surface area contributed by atoms with E-state index in [-0.39, 0.29) is 5.56 Å². The molecule has 0 unspecified atom stereocenters. The summed E-state index contributed by atoms with van der Waals surface area (Å²) in [5.41, 5.74) is 1.75. The molecule has 0 saturated heterocycles. The molecule has 1 aromatic carbocycles. The maximum Gasteiger partial charge on any atom is 0.354 e. The van der Waals surface area contributed by atoms with Gasteiger partial charge in [0.05, 0.1) is 18.4 Å². The van der Waals surface area contributed by atoms with Gasteiger partial charge in [0, 0.05) is 21.6 Å². The number of rotatable bonds is 4. The van der Waals surface area contributed by atoms with Crippen molar-refractivity contribution in [1.82, 2.24) is 9.97 Å². The first-order chi connectivity index (χ1) is 12.0. The highest BCUT2D eigenvalue weighted by Crippen LogP contribution is 2.27. The van der Waals surface area contributed by atoms with Crippen molar-refractivity contribution in [3.05, 3.63) is 57.4 Å². The molecule has 0 radical (unpaired) electrons. The molecule has 2 heterocycles. The number of carbonyl (C=O) groups is 2. The number of nitrogens with one attached hydrogen (secondary N) is 2. The molecule has 3 aromatic rings. The van der Waals surface area contributed by atoms with Crippen LogP contribution < -0.4 is 5.32 Å². The molecule has 6 nitrogen and oxygen atoms in total. The third-order valence-corrected chi connectivity index (χ3v) is 4.73. The quantitative estimate of drug-likeness (QED) is 0.619. The van der Waals surface area contributed by atoms with Crippen LogP contribution >= 0.6 is 27.3 Å². The number of aromatic nitrogens is 2. The summed E-state index contributed by atoms with van der Waals surface area (Å²) in [4.78, 5) is 30.8. The van der Waals surface area contributed by atoms with Gasteiger partial charge in [0.2, 0.25) is 0 Å². The maximum absolute atomic E-state index is 13.3. The van der Waals surface area contributed by atoms with E-state index in [9.17, 15) is 14.0 Å². The zero-order valence-electron chi connectivity index (χ0n) is 12.8. The van der Waals surface area contributed by atoms with Crippen molar-refractivity contribution in [3.8, 4) is 11.3 Å². The fourth-order valence-electron chi connectivity index (χ4n) is 2.07. The van der Waals surface area contributed by atoms with E-state index in [0.717, 1.165) is 6.07 Å². The lowest BCUT2D eigenvalue weighted by molar-refractivity contribution is 0.0594. The summed E-state index contributed by atoms with van der Waals surface area (Å²) in [6.07, 6.45) is 1.62. The second-order valence-electron chi connectivity index (χ2n) is 4.91. The zero-order chi connectivity index (χ0) is 18.0. The Balaban J connectivity index is 1.77. The standard InChI is InChI=1S/C16H11BrFN3O3S/c1-24-15(23)12-4-8(6-19-12)13-7-25-16(20-13)21-14(22)10-5-9(18)2-3-11(10)17/h2-7,19H,1H3,(H,20,21,22). The number of nitrogens with zero attached hydrogens (tertiary/aromatic N) is 1. The van der Waals surface area contributed by atoms with Crippen LogP contribution in [0.5, 0.6) is 0 Å². The number of H-pyrrole nitrogens is 1. The average Bonchev–Trinajstić information content (AvgIpc) is 3.25. The Kier molecular flexibility index (Phi) is 4.95. The Morgan fingerprint density at radius 2 is 2.16 bits per heavy atom. The van der Waals surface area contributed by atoms with Crippen LogP contribution in [-0.2, 0) is 4.74 Å². The molecule has 0 bridgehead atoms. The van der Waals surface area contributed by atoms with Crippen molar-refractivity contribution in [2.24, 2.45) is 0 Å². The van der Waals surface area contributed by atoms with Crippen LogP contribution in [0.1, 0.15) is 20.8 Å². The first kappa shape index (κ1) is 17.3. The number of aromatic amines is 1. The second-order valence-corrected chi connectivity index (χ2v) is 6.62. The number of anilines is 1. The van der Waals surface area contributed by atoms with Gasteiger partial charge in [-0.25, -0.2) is 14.2 Å². The van der Waals surface area contributed by atoms with Crippen molar-refractivity contribution in [3.63, 3.8) is 0 Å². The van der Waals surface area contributed by atoms with Gasteiger partial charge < -0.3 is 9.72 Å². The molecule has 1 amide bonds. The Bertz CT molecular complexity index is 954. The van der Waals surface area contributed by atoms with Gasteiger partial charge in [-0.15, -0.1) is 11.3 Å². The van der Waals surface area contributed by atoms with E-state index in [1.807, 2.05) is 0 Å². The Hall–Kier alpha value is -2.52. The van der Waals surface area contributed by atoms with E-state index in [2.05, 4.69) is 36.0 Å². The van der Waals surface area contributed by atoms with Crippen LogP contribution in [0.4, 0.5) is 9.52 Å². The van der Waals surface area contributed by atoms with Gasteiger partial charge in [-0.3, -0.25) is 10.1 Å². The fourth-order valence-corrected chi connectivity index (χ4v) is 3.21. The Labute approximate surface area is 154 Å². The smallest absolute Gasteiger partial charge is 0.354 e. The third kappa shape index (κ3) is 3.77. The molecule has 2 aromatic heterocycles. The largest absolute Gasteiger partial charge is 0.464 e. The molecule has 0 atom stereocenters. The lowest BCUT2D eigenvalue weighted by Crippen LogP contribution is -2.12. The van der Waals surface area contributed by atoms with Crippen molar-refractivity contribution in [1.29, 1.82) is 0 Å². The van der Waals surface area contributed by atoms with Gasteiger partial charge in [-0.05, 0) is 40.2 Å². The number of hydrogen-bond acceptors (Lipinski definition) is 5.